The zero-order valence-corrected chi connectivity index (χ0v) is 25.8. The Morgan fingerprint density at radius 3 is 1.74 bits per heavy atom. The van der Waals surface area contributed by atoms with Crippen molar-refractivity contribution in [3.8, 4) is 11.1 Å². The molecule has 0 heterocycles. The van der Waals surface area contributed by atoms with E-state index in [1.807, 2.05) is 90.1 Å². The minimum atomic E-state index is -4.67. The third-order valence-electron chi connectivity index (χ3n) is 8.35. The number of nitrogens with one attached hydrogen (secondary N) is 1. The number of carboxylic acids is 1. The number of hydrogen-bond acceptors (Lipinski definition) is 4. The lowest BCUT2D eigenvalue weighted by Gasteiger charge is -2.53. The van der Waals surface area contributed by atoms with E-state index < -0.39 is 41.7 Å². The predicted molar refractivity (Wildman–Crippen MR) is 162 cm³/mol. The van der Waals surface area contributed by atoms with Gasteiger partial charge in [-0.3, -0.25) is 4.57 Å². The van der Waals surface area contributed by atoms with Gasteiger partial charge in [-0.15, -0.1) is 0 Å². The zero-order valence-electron chi connectivity index (χ0n) is 24.9. The number of ether oxygens (including phenoxy) is 1. The Labute approximate surface area is 247 Å². The molecule has 1 aliphatic rings. The molecule has 1 atom stereocenters. The van der Waals surface area contributed by atoms with Crippen molar-refractivity contribution in [1.29, 1.82) is 0 Å². The molecule has 9 heteroatoms. The summed E-state index contributed by atoms with van der Waals surface area (Å²) in [6, 6.07) is 21.3. The van der Waals surface area contributed by atoms with Crippen molar-refractivity contribution in [3.63, 3.8) is 0 Å². The van der Waals surface area contributed by atoms with Crippen molar-refractivity contribution in [2.75, 3.05) is 6.61 Å². The van der Waals surface area contributed by atoms with E-state index in [0.717, 1.165) is 22.3 Å². The van der Waals surface area contributed by atoms with Crippen LogP contribution in [0.4, 0.5) is 4.79 Å². The molecule has 0 unspecified atom stereocenters. The summed E-state index contributed by atoms with van der Waals surface area (Å²) in [7, 11) is -4.67. The zero-order chi connectivity index (χ0) is 31.1. The Balaban J connectivity index is 1.49. The van der Waals surface area contributed by atoms with Crippen LogP contribution in [0.1, 0.15) is 69.7 Å². The molecule has 1 amide bonds. The van der Waals surface area contributed by atoms with Gasteiger partial charge in [-0.2, -0.15) is 0 Å². The molecule has 3 aromatic carbocycles. The number of carbonyl (C=O) groups is 2. The van der Waals surface area contributed by atoms with Gasteiger partial charge in [0.15, 0.2) is 0 Å². The summed E-state index contributed by atoms with van der Waals surface area (Å²) in [5.41, 5.74) is 3.74. The van der Waals surface area contributed by atoms with Crippen LogP contribution in [0.2, 0.25) is 0 Å². The molecule has 0 aliphatic heterocycles. The molecule has 0 saturated carbocycles. The molecular formula is C33H40NO7P. The highest BCUT2D eigenvalue weighted by atomic mass is 31.2. The average Bonchev–Trinajstić information content (AvgIpc) is 3.19. The van der Waals surface area contributed by atoms with Gasteiger partial charge < -0.3 is 24.9 Å². The SMILES string of the molecule is CC(C)(C)C(c1ccc(C[C@H](NC(=O)OCC2c3ccccc3-c3ccccc32)C(=O)O)cc1)(C(C)(C)C)P(=O)(O)O. The Kier molecular flexibility index (Phi) is 8.49. The molecule has 4 rings (SSSR count). The quantitative estimate of drug-likeness (QED) is 0.214. The molecule has 42 heavy (non-hydrogen) atoms. The first-order chi connectivity index (χ1) is 19.5. The highest BCUT2D eigenvalue weighted by Crippen LogP contribution is 2.72. The summed E-state index contributed by atoms with van der Waals surface area (Å²) in [5.74, 6) is -1.37. The topological polar surface area (TPSA) is 133 Å². The monoisotopic (exact) mass is 593 g/mol. The lowest BCUT2D eigenvalue weighted by Crippen LogP contribution is -2.50. The minimum absolute atomic E-state index is 0.0340. The summed E-state index contributed by atoms with van der Waals surface area (Å²) in [5, 5.41) is 10.8. The molecule has 0 saturated heterocycles. The number of aliphatic carboxylic acids is 1. The third kappa shape index (κ3) is 5.63. The summed E-state index contributed by atoms with van der Waals surface area (Å²) in [4.78, 5) is 46.1. The van der Waals surface area contributed by atoms with Gasteiger partial charge in [-0.25, -0.2) is 9.59 Å². The second kappa shape index (κ2) is 11.3. The molecular weight excluding hydrogens is 553 g/mol. The smallest absolute Gasteiger partial charge is 0.407 e. The van der Waals surface area contributed by atoms with Gasteiger partial charge in [0.2, 0.25) is 0 Å². The summed E-state index contributed by atoms with van der Waals surface area (Å²) >= 11 is 0. The van der Waals surface area contributed by atoms with Crippen LogP contribution in [0, 0.1) is 10.8 Å². The fourth-order valence-electron chi connectivity index (χ4n) is 7.13. The van der Waals surface area contributed by atoms with Gasteiger partial charge in [0.05, 0.1) is 0 Å². The Bertz CT molecular complexity index is 1450. The highest BCUT2D eigenvalue weighted by molar-refractivity contribution is 7.53. The first-order valence-electron chi connectivity index (χ1n) is 14.0. The fourth-order valence-corrected chi connectivity index (χ4v) is 9.37. The first-order valence-corrected chi connectivity index (χ1v) is 15.6. The molecule has 0 bridgehead atoms. The van der Waals surface area contributed by atoms with E-state index in [1.165, 1.54) is 0 Å². The van der Waals surface area contributed by atoms with E-state index in [0.29, 0.717) is 11.1 Å². The highest BCUT2D eigenvalue weighted by Gasteiger charge is 2.62. The van der Waals surface area contributed by atoms with Crippen LogP contribution in [-0.4, -0.2) is 39.6 Å². The van der Waals surface area contributed by atoms with Gasteiger partial charge >= 0.3 is 19.7 Å². The van der Waals surface area contributed by atoms with Gasteiger partial charge in [0.1, 0.15) is 17.8 Å². The summed E-state index contributed by atoms with van der Waals surface area (Å²) in [6.07, 6.45) is -0.866. The molecule has 8 nitrogen and oxygen atoms in total. The van der Waals surface area contributed by atoms with Crippen LogP contribution in [-0.2, 0) is 25.7 Å². The van der Waals surface area contributed by atoms with Crippen LogP contribution in [0.5, 0.6) is 0 Å². The number of carboxylic acid groups (broad SMARTS) is 1. The van der Waals surface area contributed by atoms with Crippen molar-refractivity contribution in [2.45, 2.75) is 65.1 Å². The largest absolute Gasteiger partial charge is 0.480 e. The summed E-state index contributed by atoms with van der Waals surface area (Å²) < 4.78 is 18.6. The Morgan fingerprint density at radius 2 is 1.31 bits per heavy atom. The van der Waals surface area contributed by atoms with Gasteiger partial charge in [-0.05, 0) is 44.2 Å². The fraction of sp³-hybridized carbons (Fsp3) is 0.394. The normalized spacial score (nSPS) is 14.6. The van der Waals surface area contributed by atoms with Crippen LogP contribution >= 0.6 is 7.60 Å². The molecule has 224 valence electrons. The van der Waals surface area contributed by atoms with Crippen molar-refractivity contribution >= 4 is 19.7 Å². The Morgan fingerprint density at radius 1 is 0.833 bits per heavy atom. The summed E-state index contributed by atoms with van der Waals surface area (Å²) in [6.45, 7) is 10.9. The van der Waals surface area contributed by atoms with E-state index in [9.17, 15) is 29.0 Å². The number of benzene rings is 3. The Hall–Kier alpha value is -3.45. The molecule has 0 radical (unpaired) electrons. The van der Waals surface area contributed by atoms with Crippen LogP contribution in [0.15, 0.2) is 72.8 Å². The standard InChI is InChI=1S/C33H40NO7P/c1-31(2,3)33(32(4,5)6,42(38,39)40)22-17-15-21(16-18-22)19-28(29(35)36)34-30(37)41-20-27-25-13-9-7-11-23(25)24-12-8-10-14-26(24)27/h7-18,27-28H,19-20H2,1-6H3,(H,34,37)(H,35,36)(H2,38,39,40)/t28-/m0/s1. The number of amides is 1. The maximum Gasteiger partial charge on any atom is 0.407 e. The predicted octanol–water partition coefficient (Wildman–Crippen LogP) is 6.69. The molecule has 0 spiro atoms. The van der Waals surface area contributed by atoms with Gasteiger partial charge in [0, 0.05) is 12.3 Å². The van der Waals surface area contributed by atoms with Gasteiger partial charge in [0.25, 0.3) is 0 Å². The second-order valence-corrected chi connectivity index (χ2v) is 14.8. The van der Waals surface area contributed by atoms with Crippen molar-refractivity contribution in [2.24, 2.45) is 10.8 Å². The van der Waals surface area contributed by atoms with Crippen molar-refractivity contribution in [3.05, 3.63) is 95.1 Å². The number of carbonyl (C=O) groups excluding carboxylic acids is 1. The minimum Gasteiger partial charge on any atom is -0.480 e. The van der Waals surface area contributed by atoms with E-state index in [2.05, 4.69) is 5.32 Å². The van der Waals surface area contributed by atoms with E-state index in [4.69, 9.17) is 4.74 Å². The second-order valence-electron chi connectivity index (χ2n) is 13.0. The van der Waals surface area contributed by atoms with E-state index >= 15 is 0 Å². The number of rotatable bonds is 8. The number of alkyl carbamates (subject to hydrolysis) is 1. The van der Waals surface area contributed by atoms with Crippen LogP contribution < -0.4 is 5.32 Å². The molecule has 0 aromatic heterocycles. The first kappa shape index (κ1) is 31.5. The lowest BCUT2D eigenvalue weighted by atomic mass is 9.62. The lowest BCUT2D eigenvalue weighted by molar-refractivity contribution is -0.139. The number of hydrogen-bond donors (Lipinski definition) is 4. The molecule has 4 N–H and O–H groups in total. The third-order valence-corrected chi connectivity index (χ3v) is 10.8. The van der Waals surface area contributed by atoms with E-state index in [-0.39, 0.29) is 18.9 Å². The van der Waals surface area contributed by atoms with Crippen molar-refractivity contribution in [1.82, 2.24) is 5.32 Å². The van der Waals surface area contributed by atoms with Gasteiger partial charge in [-0.1, -0.05) is 114 Å². The average molecular weight is 594 g/mol. The van der Waals surface area contributed by atoms with Crippen LogP contribution in [0.25, 0.3) is 11.1 Å². The number of fused-ring (bicyclic) bond motifs is 3. The molecule has 3 aromatic rings. The van der Waals surface area contributed by atoms with Crippen molar-refractivity contribution < 1.29 is 33.8 Å². The molecule has 0 fully saturated rings. The maximum absolute atomic E-state index is 13.1. The molecule has 1 aliphatic carbocycles. The van der Waals surface area contributed by atoms with Crippen LogP contribution in [0.3, 0.4) is 0 Å². The maximum atomic E-state index is 13.1. The van der Waals surface area contributed by atoms with E-state index in [1.54, 1.807) is 24.3 Å².